The summed E-state index contributed by atoms with van der Waals surface area (Å²) in [6, 6.07) is 5.23. The Kier molecular flexibility index (Phi) is 4.66. The largest absolute Gasteiger partial charge is 0.429 e. The number of ether oxygens (including phenoxy) is 1. The number of hydrogen-bond acceptors (Lipinski definition) is 3. The van der Waals surface area contributed by atoms with E-state index in [4.69, 9.17) is 0 Å². The summed E-state index contributed by atoms with van der Waals surface area (Å²) in [4.78, 5) is 12.4. The lowest BCUT2D eigenvalue weighted by Crippen LogP contribution is -2.24. The number of carbonyl (C=O) groups is 1. The molecule has 4 rings (SSSR count). The molecule has 3 aromatic rings. The van der Waals surface area contributed by atoms with Gasteiger partial charge in [0.05, 0.1) is 11.7 Å². The fraction of sp³-hybridized carbons (Fsp3) is 0.263. The van der Waals surface area contributed by atoms with Crippen LogP contribution in [0.3, 0.4) is 0 Å². The van der Waals surface area contributed by atoms with Crippen molar-refractivity contribution in [2.24, 2.45) is 0 Å². The molecule has 1 amide bonds. The van der Waals surface area contributed by atoms with E-state index >= 15 is 0 Å². The van der Waals surface area contributed by atoms with Crippen LogP contribution in [0.5, 0.6) is 5.75 Å². The van der Waals surface area contributed by atoms with E-state index in [0.717, 1.165) is 34.9 Å². The van der Waals surface area contributed by atoms with Gasteiger partial charge in [-0.3, -0.25) is 9.89 Å². The number of fused-ring (bicyclic) bond motifs is 1. The van der Waals surface area contributed by atoms with Crippen LogP contribution in [0.25, 0.3) is 10.9 Å². The Balaban J connectivity index is 1.56. The molecule has 28 heavy (non-hydrogen) atoms. The number of alkyl halides is 2. The second kappa shape index (κ2) is 7.14. The maximum absolute atomic E-state index is 13.8. The van der Waals surface area contributed by atoms with Crippen LogP contribution in [-0.4, -0.2) is 22.7 Å². The highest BCUT2D eigenvalue weighted by molar-refractivity contribution is 5.94. The van der Waals surface area contributed by atoms with Crippen molar-refractivity contribution < 1.29 is 27.1 Å². The van der Waals surface area contributed by atoms with Gasteiger partial charge in [0.2, 0.25) is 0 Å². The van der Waals surface area contributed by atoms with Crippen LogP contribution in [0, 0.1) is 11.6 Å². The number of hydrogen-bond donors (Lipinski definition) is 2. The molecule has 0 aliphatic heterocycles. The molecule has 0 atom stereocenters. The molecule has 9 heteroatoms. The maximum Gasteiger partial charge on any atom is 0.387 e. The lowest BCUT2D eigenvalue weighted by Gasteiger charge is -2.13. The number of carbonyl (C=O) groups excluding carboxylic acids is 1. The molecule has 2 aromatic carbocycles. The SMILES string of the molecule is O=C(NCc1c(C2CC2)ccc2[nH]ncc12)c1cc(F)c(OC(F)F)c(F)c1. The number of benzene rings is 2. The molecular weight excluding hydrogens is 378 g/mol. The zero-order valence-corrected chi connectivity index (χ0v) is 14.4. The molecule has 0 spiro atoms. The van der Waals surface area contributed by atoms with Gasteiger partial charge in [-0.05, 0) is 48.1 Å². The molecule has 0 saturated heterocycles. The number of nitrogens with one attached hydrogen (secondary N) is 2. The first-order valence-corrected chi connectivity index (χ1v) is 8.61. The molecule has 1 fully saturated rings. The molecule has 1 aromatic heterocycles. The Labute approximate surface area is 156 Å². The number of aromatic nitrogens is 2. The normalized spacial score (nSPS) is 13.9. The zero-order valence-electron chi connectivity index (χ0n) is 14.4. The summed E-state index contributed by atoms with van der Waals surface area (Å²) in [5.74, 6) is -4.27. The Morgan fingerprint density at radius 1 is 1.25 bits per heavy atom. The number of aromatic amines is 1. The van der Waals surface area contributed by atoms with Gasteiger partial charge in [-0.15, -0.1) is 0 Å². The lowest BCUT2D eigenvalue weighted by atomic mass is 9.99. The van der Waals surface area contributed by atoms with Crippen molar-refractivity contribution in [3.63, 3.8) is 0 Å². The topological polar surface area (TPSA) is 67.0 Å². The summed E-state index contributed by atoms with van der Waals surface area (Å²) in [7, 11) is 0. The summed E-state index contributed by atoms with van der Waals surface area (Å²) in [6.07, 6.45) is 3.79. The second-order valence-corrected chi connectivity index (χ2v) is 6.57. The minimum Gasteiger partial charge on any atom is -0.429 e. The molecule has 1 aliphatic rings. The second-order valence-electron chi connectivity index (χ2n) is 6.57. The van der Waals surface area contributed by atoms with E-state index in [1.54, 1.807) is 6.20 Å². The Bertz CT molecular complexity index is 1020. The molecule has 1 aliphatic carbocycles. The van der Waals surface area contributed by atoms with Gasteiger partial charge in [0.1, 0.15) is 0 Å². The highest BCUT2D eigenvalue weighted by Gasteiger charge is 2.27. The molecule has 1 heterocycles. The molecular formula is C19H15F4N3O2. The van der Waals surface area contributed by atoms with Crippen LogP contribution < -0.4 is 10.1 Å². The minimum absolute atomic E-state index is 0.139. The number of nitrogens with zero attached hydrogens (tertiary/aromatic N) is 1. The van der Waals surface area contributed by atoms with Gasteiger partial charge in [-0.25, -0.2) is 8.78 Å². The third-order valence-corrected chi connectivity index (χ3v) is 4.68. The first-order valence-electron chi connectivity index (χ1n) is 8.61. The van der Waals surface area contributed by atoms with Gasteiger partial charge >= 0.3 is 6.61 Å². The molecule has 5 nitrogen and oxygen atoms in total. The van der Waals surface area contributed by atoms with Crippen LogP contribution in [0.15, 0.2) is 30.5 Å². The molecule has 1 saturated carbocycles. The molecule has 0 bridgehead atoms. The van der Waals surface area contributed by atoms with E-state index in [1.807, 2.05) is 12.1 Å². The van der Waals surface area contributed by atoms with Crippen LogP contribution in [0.4, 0.5) is 17.6 Å². The third-order valence-electron chi connectivity index (χ3n) is 4.68. The highest BCUT2D eigenvalue weighted by atomic mass is 19.3. The van der Waals surface area contributed by atoms with E-state index < -0.39 is 29.9 Å². The van der Waals surface area contributed by atoms with Crippen molar-refractivity contribution >= 4 is 16.8 Å². The number of halogens is 4. The van der Waals surface area contributed by atoms with Crippen molar-refractivity contribution in [3.05, 3.63) is 58.8 Å². The first-order chi connectivity index (χ1) is 13.4. The van der Waals surface area contributed by atoms with Gasteiger partial charge in [0, 0.05) is 17.5 Å². The van der Waals surface area contributed by atoms with Gasteiger partial charge in [-0.2, -0.15) is 13.9 Å². The van der Waals surface area contributed by atoms with Crippen molar-refractivity contribution in [1.29, 1.82) is 0 Å². The van der Waals surface area contributed by atoms with Crippen LogP contribution in [-0.2, 0) is 6.54 Å². The summed E-state index contributed by atoms with van der Waals surface area (Å²) in [5.41, 5.74) is 2.48. The van der Waals surface area contributed by atoms with Crippen LogP contribution in [0.2, 0.25) is 0 Å². The first kappa shape index (κ1) is 18.3. The fourth-order valence-electron chi connectivity index (χ4n) is 3.23. The van der Waals surface area contributed by atoms with Gasteiger partial charge in [0.15, 0.2) is 17.4 Å². The molecule has 0 radical (unpaired) electrons. The maximum atomic E-state index is 13.8. The Morgan fingerprint density at radius 3 is 2.61 bits per heavy atom. The summed E-state index contributed by atoms with van der Waals surface area (Å²) >= 11 is 0. The van der Waals surface area contributed by atoms with Gasteiger partial charge in [0.25, 0.3) is 5.91 Å². The van der Waals surface area contributed by atoms with Crippen molar-refractivity contribution in [2.45, 2.75) is 31.9 Å². The fourth-order valence-corrected chi connectivity index (χ4v) is 3.23. The lowest BCUT2D eigenvalue weighted by molar-refractivity contribution is -0.0546. The average molecular weight is 393 g/mol. The highest BCUT2D eigenvalue weighted by Crippen LogP contribution is 2.43. The average Bonchev–Trinajstić information content (AvgIpc) is 3.38. The Morgan fingerprint density at radius 2 is 1.96 bits per heavy atom. The van der Waals surface area contributed by atoms with Crippen LogP contribution >= 0.6 is 0 Å². The van der Waals surface area contributed by atoms with Crippen molar-refractivity contribution in [3.8, 4) is 5.75 Å². The predicted molar refractivity (Wildman–Crippen MR) is 92.2 cm³/mol. The molecule has 146 valence electrons. The molecule has 2 N–H and O–H groups in total. The van der Waals surface area contributed by atoms with E-state index in [9.17, 15) is 22.4 Å². The number of amides is 1. The summed E-state index contributed by atoms with van der Waals surface area (Å²) in [5, 5.41) is 10.4. The molecule has 0 unspecified atom stereocenters. The van der Waals surface area contributed by atoms with Crippen molar-refractivity contribution in [1.82, 2.24) is 15.5 Å². The predicted octanol–water partition coefficient (Wildman–Crippen LogP) is 4.25. The Hall–Kier alpha value is -3.10. The summed E-state index contributed by atoms with van der Waals surface area (Å²) < 4.78 is 55.9. The van der Waals surface area contributed by atoms with Crippen LogP contribution in [0.1, 0.15) is 40.2 Å². The number of H-pyrrole nitrogens is 1. The van der Waals surface area contributed by atoms with Gasteiger partial charge < -0.3 is 10.1 Å². The minimum atomic E-state index is -3.38. The number of rotatable bonds is 6. The van der Waals surface area contributed by atoms with E-state index in [2.05, 4.69) is 20.3 Å². The van der Waals surface area contributed by atoms with Crippen molar-refractivity contribution in [2.75, 3.05) is 0 Å². The smallest absolute Gasteiger partial charge is 0.387 e. The van der Waals surface area contributed by atoms with E-state index in [-0.39, 0.29) is 12.1 Å². The van der Waals surface area contributed by atoms with E-state index in [0.29, 0.717) is 18.1 Å². The zero-order chi connectivity index (χ0) is 19.8. The quantitative estimate of drug-likeness (QED) is 0.616. The van der Waals surface area contributed by atoms with Gasteiger partial charge in [-0.1, -0.05) is 6.07 Å². The summed E-state index contributed by atoms with van der Waals surface area (Å²) in [6.45, 7) is -3.24. The monoisotopic (exact) mass is 393 g/mol. The third kappa shape index (κ3) is 3.51. The standard InChI is InChI=1S/C19H15F4N3O2/c20-14-5-10(6-15(21)17(14)28-19(22)23)18(27)24-7-12-11(9-1-2-9)3-4-16-13(12)8-25-26-16/h3-6,8-9,19H,1-2,7H2,(H,24,27)(H,25,26). The van der Waals surface area contributed by atoms with E-state index in [1.165, 1.54) is 0 Å².